The second-order valence-corrected chi connectivity index (χ2v) is 5.51. The highest BCUT2D eigenvalue weighted by Crippen LogP contribution is 2.31. The molecule has 0 bridgehead atoms. The summed E-state index contributed by atoms with van der Waals surface area (Å²) in [6.45, 7) is 1.93. The van der Waals surface area contributed by atoms with Gasteiger partial charge < -0.3 is 5.48 Å². The Kier molecular flexibility index (Phi) is 3.15. The van der Waals surface area contributed by atoms with Crippen molar-refractivity contribution in [3.63, 3.8) is 0 Å². The van der Waals surface area contributed by atoms with E-state index in [1.54, 1.807) is 24.3 Å². The molecule has 0 aliphatic carbocycles. The molecule has 2 aromatic rings. The molecular weight excluding hydrogens is 248 g/mol. The summed E-state index contributed by atoms with van der Waals surface area (Å²) in [5.41, 5.74) is 2.14. The van der Waals surface area contributed by atoms with Crippen LogP contribution < -0.4 is 0 Å². The lowest BCUT2D eigenvalue weighted by Gasteiger charge is -2.17. The van der Waals surface area contributed by atoms with Gasteiger partial charge in [0.1, 0.15) is 0 Å². The fourth-order valence-electron chi connectivity index (χ4n) is 2.05. The third-order valence-corrected chi connectivity index (χ3v) is 4.41. The molecule has 0 radical (unpaired) electrons. The molecule has 0 saturated carbocycles. The van der Waals surface area contributed by atoms with Crippen molar-refractivity contribution in [3.05, 3.63) is 59.2 Å². The summed E-state index contributed by atoms with van der Waals surface area (Å²) < 4.78 is 12.4. The summed E-state index contributed by atoms with van der Waals surface area (Å²) in [6, 6.07) is 12.6. The summed E-state index contributed by atoms with van der Waals surface area (Å²) >= 11 is 0. The van der Waals surface area contributed by atoms with E-state index in [1.165, 1.54) is 0 Å². The van der Waals surface area contributed by atoms with Crippen LogP contribution in [0.4, 0.5) is 0 Å². The van der Waals surface area contributed by atoms with Crippen LogP contribution in [-0.2, 0) is 10.8 Å². The highest BCUT2D eigenvalue weighted by Gasteiger charge is 2.28. The number of rotatable bonds is 0. The van der Waals surface area contributed by atoms with E-state index < -0.39 is 10.8 Å². The number of aryl methyl sites for hydroxylation is 1. The zero-order valence-corrected chi connectivity index (χ0v) is 10.6. The van der Waals surface area contributed by atoms with Gasteiger partial charge >= 0.3 is 0 Å². The van der Waals surface area contributed by atoms with Crippen LogP contribution in [0.5, 0.6) is 0 Å². The minimum atomic E-state index is -1.24. The van der Waals surface area contributed by atoms with E-state index in [0.717, 1.165) is 5.56 Å². The molecule has 1 unspecified atom stereocenters. The highest BCUT2D eigenvalue weighted by molar-refractivity contribution is 7.85. The molecule has 0 saturated heterocycles. The molecule has 0 spiro atoms. The predicted octanol–water partition coefficient (Wildman–Crippen LogP) is 1.88. The molecule has 0 amide bonds. The number of carbonyl (C=O) groups excluding carboxylic acids is 1. The number of carbonyl (C=O) groups is 1. The first kappa shape index (κ1) is 12.7. The lowest BCUT2D eigenvalue weighted by molar-refractivity contribution is 0.103. The van der Waals surface area contributed by atoms with Gasteiger partial charge in [-0.1, -0.05) is 18.2 Å². The average molecular weight is 260 g/mol. The smallest absolute Gasteiger partial charge is 0.195 e. The summed E-state index contributed by atoms with van der Waals surface area (Å²) in [6.07, 6.45) is 0. The lowest BCUT2D eigenvalue weighted by Crippen LogP contribution is -2.16. The molecule has 1 atom stereocenters. The van der Waals surface area contributed by atoms with Crippen LogP contribution in [0.1, 0.15) is 21.5 Å². The molecule has 4 heteroatoms. The topological polar surface area (TPSA) is 65.6 Å². The summed E-state index contributed by atoms with van der Waals surface area (Å²) in [5.74, 6) is -0.0322. The van der Waals surface area contributed by atoms with Crippen LogP contribution in [0.2, 0.25) is 0 Å². The van der Waals surface area contributed by atoms with E-state index >= 15 is 0 Å². The van der Waals surface area contributed by atoms with Crippen molar-refractivity contribution in [2.75, 3.05) is 0 Å². The average Bonchev–Trinajstić information content (AvgIpc) is 2.36. The minimum absolute atomic E-state index is 0. The third-order valence-electron chi connectivity index (χ3n) is 2.91. The van der Waals surface area contributed by atoms with Crippen molar-refractivity contribution >= 4 is 16.6 Å². The van der Waals surface area contributed by atoms with Crippen LogP contribution in [0.3, 0.4) is 0 Å². The molecule has 0 aromatic heterocycles. The van der Waals surface area contributed by atoms with Crippen LogP contribution in [0, 0.1) is 6.92 Å². The lowest BCUT2D eigenvalue weighted by atomic mass is 10.0. The zero-order valence-electron chi connectivity index (χ0n) is 9.77. The number of benzene rings is 2. The molecular formula is C14H12O3S. The van der Waals surface area contributed by atoms with E-state index in [1.807, 2.05) is 25.1 Å². The van der Waals surface area contributed by atoms with Crippen molar-refractivity contribution in [1.29, 1.82) is 0 Å². The molecule has 2 aromatic carbocycles. The quantitative estimate of drug-likeness (QED) is 0.619. The fraction of sp³-hybridized carbons (Fsp3) is 0.0714. The van der Waals surface area contributed by atoms with Crippen molar-refractivity contribution in [2.45, 2.75) is 16.7 Å². The Morgan fingerprint density at radius 2 is 1.61 bits per heavy atom. The Morgan fingerprint density at radius 1 is 0.944 bits per heavy atom. The minimum Gasteiger partial charge on any atom is -0.412 e. The Bertz CT molecular complexity index is 662. The Labute approximate surface area is 107 Å². The predicted molar refractivity (Wildman–Crippen MR) is 69.3 cm³/mol. The van der Waals surface area contributed by atoms with E-state index in [-0.39, 0.29) is 11.3 Å². The first-order valence-corrected chi connectivity index (χ1v) is 6.49. The van der Waals surface area contributed by atoms with Crippen LogP contribution in [0.25, 0.3) is 0 Å². The van der Waals surface area contributed by atoms with Crippen LogP contribution >= 0.6 is 0 Å². The number of hydrogen-bond acceptors (Lipinski definition) is 2. The van der Waals surface area contributed by atoms with E-state index in [9.17, 15) is 9.00 Å². The summed E-state index contributed by atoms with van der Waals surface area (Å²) in [4.78, 5) is 13.5. The third kappa shape index (κ3) is 1.70. The molecule has 3 nitrogen and oxygen atoms in total. The molecule has 0 fully saturated rings. The van der Waals surface area contributed by atoms with Crippen molar-refractivity contribution in [3.8, 4) is 0 Å². The maximum absolute atomic E-state index is 12.4. The normalized spacial score (nSPS) is 16.5. The standard InChI is InChI=1S/C14H10O2S.H2O/c1-9-6-7-11-13(8-9)17(16)12-5-3-2-4-10(12)14(11)15;/h2-8H,1H3;1H2. The number of hydrogen-bond donors (Lipinski definition) is 0. The van der Waals surface area contributed by atoms with E-state index in [2.05, 4.69) is 0 Å². The molecule has 18 heavy (non-hydrogen) atoms. The largest absolute Gasteiger partial charge is 0.412 e. The summed E-state index contributed by atoms with van der Waals surface area (Å²) in [7, 11) is -1.24. The maximum Gasteiger partial charge on any atom is 0.195 e. The first-order chi connectivity index (χ1) is 8.18. The SMILES string of the molecule is Cc1ccc2c(c1)S(=O)c1ccccc1C2=O.O. The van der Waals surface area contributed by atoms with E-state index in [4.69, 9.17) is 0 Å². The Balaban J connectivity index is 0.00000120. The molecule has 92 valence electrons. The van der Waals surface area contributed by atoms with Gasteiger partial charge in [0.15, 0.2) is 5.78 Å². The Morgan fingerprint density at radius 3 is 2.39 bits per heavy atom. The molecule has 1 aliphatic rings. The van der Waals surface area contributed by atoms with Gasteiger partial charge in [-0.15, -0.1) is 0 Å². The van der Waals surface area contributed by atoms with Gasteiger partial charge in [-0.05, 0) is 36.8 Å². The van der Waals surface area contributed by atoms with Crippen molar-refractivity contribution < 1.29 is 14.5 Å². The maximum atomic E-state index is 12.4. The highest BCUT2D eigenvalue weighted by atomic mass is 32.2. The second kappa shape index (κ2) is 4.48. The summed E-state index contributed by atoms with van der Waals surface area (Å²) in [5, 5.41) is 0. The Hall–Kier alpha value is -1.78. The van der Waals surface area contributed by atoms with Crippen molar-refractivity contribution in [1.82, 2.24) is 0 Å². The van der Waals surface area contributed by atoms with Crippen LogP contribution in [0.15, 0.2) is 52.3 Å². The first-order valence-electron chi connectivity index (χ1n) is 5.34. The van der Waals surface area contributed by atoms with Gasteiger partial charge in [0.25, 0.3) is 0 Å². The van der Waals surface area contributed by atoms with Gasteiger partial charge in [-0.2, -0.15) is 0 Å². The van der Waals surface area contributed by atoms with Crippen molar-refractivity contribution in [2.24, 2.45) is 0 Å². The zero-order chi connectivity index (χ0) is 12.0. The van der Waals surface area contributed by atoms with Gasteiger partial charge in [0.05, 0.1) is 20.6 Å². The van der Waals surface area contributed by atoms with Gasteiger partial charge in [-0.25, -0.2) is 4.21 Å². The molecule has 1 aliphatic heterocycles. The van der Waals surface area contributed by atoms with Crippen LogP contribution in [-0.4, -0.2) is 15.5 Å². The monoisotopic (exact) mass is 260 g/mol. The molecule has 2 N–H and O–H groups in total. The fourth-order valence-corrected chi connectivity index (χ4v) is 3.50. The second-order valence-electron chi connectivity index (χ2n) is 4.09. The number of fused-ring (bicyclic) bond motifs is 2. The molecule has 1 heterocycles. The molecule has 3 rings (SSSR count). The van der Waals surface area contributed by atoms with Gasteiger partial charge in [0.2, 0.25) is 0 Å². The van der Waals surface area contributed by atoms with Gasteiger partial charge in [0, 0.05) is 11.1 Å². The van der Waals surface area contributed by atoms with Gasteiger partial charge in [-0.3, -0.25) is 4.79 Å². The number of ketones is 1. The van der Waals surface area contributed by atoms with E-state index in [0.29, 0.717) is 20.9 Å².